The maximum Gasteiger partial charge on any atom is 0.193 e. The van der Waals surface area contributed by atoms with Gasteiger partial charge in [0.1, 0.15) is 24.1 Å². The zero-order valence-corrected chi connectivity index (χ0v) is 15.0. The van der Waals surface area contributed by atoms with Gasteiger partial charge >= 0.3 is 0 Å². The lowest BCUT2D eigenvalue weighted by Gasteiger charge is -2.31. The molecule has 0 fully saturated rings. The van der Waals surface area contributed by atoms with Crippen molar-refractivity contribution in [3.8, 4) is 0 Å². The minimum atomic E-state index is -0.901. The van der Waals surface area contributed by atoms with E-state index >= 15 is 0 Å². The topological polar surface area (TPSA) is 60.8 Å². The van der Waals surface area contributed by atoms with Gasteiger partial charge in [0, 0.05) is 17.7 Å². The molecule has 0 heterocycles. The van der Waals surface area contributed by atoms with Crippen LogP contribution in [0, 0.1) is 11.6 Å². The normalized spacial score (nSPS) is 14.9. The summed E-state index contributed by atoms with van der Waals surface area (Å²) in [5.41, 5.74) is 1.07. The molecule has 2 rings (SSSR count). The van der Waals surface area contributed by atoms with Gasteiger partial charge in [-0.05, 0) is 67.8 Å². The zero-order chi connectivity index (χ0) is 19.4. The Balaban J connectivity index is 2.37. The van der Waals surface area contributed by atoms with Crippen LogP contribution in [-0.4, -0.2) is 39.9 Å². The van der Waals surface area contributed by atoms with Crippen LogP contribution < -0.4 is 0 Å². The Hall–Kier alpha value is -2.15. The SMILES string of the molecule is CC(CN(C(C)O)C(C)O)c1cc(F)ccc1C(=O)c1ccc(F)cc1. The lowest BCUT2D eigenvalue weighted by atomic mass is 9.90. The summed E-state index contributed by atoms with van der Waals surface area (Å²) >= 11 is 0. The predicted octanol–water partition coefficient (Wildman–Crippen LogP) is 3.28. The summed E-state index contributed by atoms with van der Waals surface area (Å²) in [6.07, 6.45) is -1.80. The summed E-state index contributed by atoms with van der Waals surface area (Å²) in [6, 6.07) is 9.05. The Morgan fingerprint density at radius 1 is 0.962 bits per heavy atom. The number of aliphatic hydroxyl groups excluding tert-OH is 2. The van der Waals surface area contributed by atoms with Gasteiger partial charge in [-0.15, -0.1) is 0 Å². The van der Waals surface area contributed by atoms with Crippen LogP contribution in [0.1, 0.15) is 48.2 Å². The number of halogens is 2. The molecular formula is C20H23F2NO3. The first-order chi connectivity index (χ1) is 12.2. The number of carbonyl (C=O) groups excluding carboxylic acids is 1. The summed E-state index contributed by atoms with van der Waals surface area (Å²) in [4.78, 5) is 14.2. The maximum atomic E-state index is 13.8. The molecule has 4 nitrogen and oxygen atoms in total. The van der Waals surface area contributed by atoms with Crippen LogP contribution in [0.15, 0.2) is 42.5 Å². The van der Waals surface area contributed by atoms with Crippen molar-refractivity contribution in [2.24, 2.45) is 0 Å². The fourth-order valence-electron chi connectivity index (χ4n) is 2.94. The van der Waals surface area contributed by atoms with E-state index in [2.05, 4.69) is 0 Å². The molecule has 0 saturated heterocycles. The van der Waals surface area contributed by atoms with Crippen LogP contribution in [-0.2, 0) is 0 Å². The van der Waals surface area contributed by atoms with E-state index in [1.165, 1.54) is 61.2 Å². The highest BCUT2D eigenvalue weighted by atomic mass is 19.1. The molecule has 0 spiro atoms. The van der Waals surface area contributed by atoms with Gasteiger partial charge in [0.15, 0.2) is 5.78 Å². The van der Waals surface area contributed by atoms with Crippen LogP contribution >= 0.6 is 0 Å². The first-order valence-corrected chi connectivity index (χ1v) is 8.42. The van der Waals surface area contributed by atoms with Crippen molar-refractivity contribution in [2.45, 2.75) is 39.1 Å². The fourth-order valence-corrected chi connectivity index (χ4v) is 2.94. The lowest BCUT2D eigenvalue weighted by Crippen LogP contribution is -2.42. The molecule has 0 aliphatic rings. The largest absolute Gasteiger partial charge is 0.379 e. The van der Waals surface area contributed by atoms with E-state index in [0.29, 0.717) is 16.7 Å². The van der Waals surface area contributed by atoms with E-state index in [1.807, 2.05) is 0 Å². The first kappa shape index (κ1) is 20.2. The van der Waals surface area contributed by atoms with Crippen molar-refractivity contribution >= 4 is 5.78 Å². The second-order valence-corrected chi connectivity index (χ2v) is 6.43. The highest BCUT2D eigenvalue weighted by Crippen LogP contribution is 2.26. The minimum absolute atomic E-state index is 0.225. The van der Waals surface area contributed by atoms with Crippen molar-refractivity contribution in [1.82, 2.24) is 4.90 Å². The van der Waals surface area contributed by atoms with Gasteiger partial charge in [0.05, 0.1) is 0 Å². The number of ketones is 1. The number of nitrogens with zero attached hydrogens (tertiary/aromatic N) is 1. The molecule has 0 amide bonds. The predicted molar refractivity (Wildman–Crippen MR) is 94.7 cm³/mol. The Morgan fingerprint density at radius 3 is 2.04 bits per heavy atom. The van der Waals surface area contributed by atoms with Crippen molar-refractivity contribution in [1.29, 1.82) is 0 Å². The smallest absolute Gasteiger partial charge is 0.193 e. The van der Waals surface area contributed by atoms with Gasteiger partial charge < -0.3 is 10.2 Å². The van der Waals surface area contributed by atoms with Gasteiger partial charge in [-0.25, -0.2) is 8.78 Å². The maximum absolute atomic E-state index is 13.8. The Kier molecular flexibility index (Phi) is 6.58. The molecule has 2 aromatic carbocycles. The third kappa shape index (κ3) is 4.72. The van der Waals surface area contributed by atoms with Crippen molar-refractivity contribution in [3.05, 3.63) is 70.8 Å². The van der Waals surface area contributed by atoms with E-state index in [1.54, 1.807) is 6.92 Å². The quantitative estimate of drug-likeness (QED) is 0.585. The number of carbonyl (C=O) groups is 1. The highest BCUT2D eigenvalue weighted by Gasteiger charge is 2.24. The monoisotopic (exact) mass is 363 g/mol. The zero-order valence-electron chi connectivity index (χ0n) is 15.0. The highest BCUT2D eigenvalue weighted by molar-refractivity contribution is 6.10. The molecule has 0 saturated carbocycles. The third-order valence-corrected chi connectivity index (χ3v) is 4.34. The second-order valence-electron chi connectivity index (χ2n) is 6.43. The molecule has 140 valence electrons. The molecule has 26 heavy (non-hydrogen) atoms. The van der Waals surface area contributed by atoms with E-state index < -0.39 is 24.1 Å². The van der Waals surface area contributed by atoms with Crippen LogP contribution in [0.2, 0.25) is 0 Å². The minimum Gasteiger partial charge on any atom is -0.379 e. The molecule has 6 heteroatoms. The fraction of sp³-hybridized carbons (Fsp3) is 0.350. The van der Waals surface area contributed by atoms with Crippen LogP contribution in [0.5, 0.6) is 0 Å². The third-order valence-electron chi connectivity index (χ3n) is 4.34. The van der Waals surface area contributed by atoms with Gasteiger partial charge in [0.25, 0.3) is 0 Å². The standard InChI is InChI=1S/C20H23F2NO3/c1-12(11-23(13(2)24)14(3)25)19-10-17(22)8-9-18(19)20(26)15-4-6-16(21)7-5-15/h4-10,12-14,24-25H,11H2,1-3H3. The summed E-state index contributed by atoms with van der Waals surface area (Å²) in [5, 5.41) is 19.6. The van der Waals surface area contributed by atoms with E-state index in [9.17, 15) is 23.8 Å². The molecule has 0 radical (unpaired) electrons. The molecule has 2 aromatic rings. The van der Waals surface area contributed by atoms with Gasteiger partial charge in [-0.1, -0.05) is 6.92 Å². The summed E-state index contributed by atoms with van der Waals surface area (Å²) in [7, 11) is 0. The number of hydrogen-bond donors (Lipinski definition) is 2. The number of hydrogen-bond acceptors (Lipinski definition) is 4. The second kappa shape index (κ2) is 8.49. The summed E-state index contributed by atoms with van der Waals surface area (Å²) < 4.78 is 26.9. The van der Waals surface area contributed by atoms with Gasteiger partial charge in [-0.2, -0.15) is 0 Å². The Bertz CT molecular complexity index is 752. The number of rotatable bonds is 7. The Morgan fingerprint density at radius 2 is 1.50 bits per heavy atom. The molecule has 3 atom stereocenters. The molecular weight excluding hydrogens is 340 g/mol. The van der Waals surface area contributed by atoms with Gasteiger partial charge in [-0.3, -0.25) is 9.69 Å². The van der Waals surface area contributed by atoms with E-state index in [0.717, 1.165) is 0 Å². The Labute approximate surface area is 151 Å². The first-order valence-electron chi connectivity index (χ1n) is 8.42. The average Bonchev–Trinajstić information content (AvgIpc) is 2.58. The molecule has 0 aromatic heterocycles. The number of aliphatic hydroxyl groups is 2. The lowest BCUT2D eigenvalue weighted by molar-refractivity contribution is -0.0861. The molecule has 0 aliphatic carbocycles. The van der Waals surface area contributed by atoms with Gasteiger partial charge in [0.2, 0.25) is 0 Å². The van der Waals surface area contributed by atoms with Crippen LogP contribution in [0.4, 0.5) is 8.78 Å². The van der Waals surface area contributed by atoms with Crippen LogP contribution in [0.3, 0.4) is 0 Å². The van der Waals surface area contributed by atoms with Crippen molar-refractivity contribution < 1.29 is 23.8 Å². The van der Waals surface area contributed by atoms with Crippen LogP contribution in [0.25, 0.3) is 0 Å². The average molecular weight is 363 g/mol. The van der Waals surface area contributed by atoms with Crippen molar-refractivity contribution in [2.75, 3.05) is 6.54 Å². The summed E-state index contributed by atoms with van der Waals surface area (Å²) in [6.45, 7) is 5.06. The number of benzene rings is 2. The summed E-state index contributed by atoms with van der Waals surface area (Å²) in [5.74, 6) is -1.61. The molecule has 0 bridgehead atoms. The molecule has 2 N–H and O–H groups in total. The van der Waals surface area contributed by atoms with Crippen molar-refractivity contribution in [3.63, 3.8) is 0 Å². The molecule has 3 unspecified atom stereocenters. The molecule has 0 aliphatic heterocycles. The van der Waals surface area contributed by atoms with E-state index in [4.69, 9.17) is 0 Å². The van der Waals surface area contributed by atoms with E-state index in [-0.39, 0.29) is 18.2 Å².